The van der Waals surface area contributed by atoms with Crippen LogP contribution < -0.4 is 10.6 Å². The zero-order chi connectivity index (χ0) is 20.1. The minimum Gasteiger partial charge on any atom is -0.444 e. The Morgan fingerprint density at radius 2 is 2.00 bits per heavy atom. The van der Waals surface area contributed by atoms with Gasteiger partial charge in [0.1, 0.15) is 5.60 Å². The Bertz CT molecular complexity index is 770. The smallest absolute Gasteiger partial charge is 0.407 e. The summed E-state index contributed by atoms with van der Waals surface area (Å²) in [6, 6.07) is 9.10. The summed E-state index contributed by atoms with van der Waals surface area (Å²) in [5.74, 6) is 0.0875. The molecule has 1 saturated carbocycles. The van der Waals surface area contributed by atoms with Crippen molar-refractivity contribution in [2.45, 2.75) is 51.7 Å². The molecule has 2 amide bonds. The van der Waals surface area contributed by atoms with Crippen molar-refractivity contribution >= 4 is 18.1 Å². The third kappa shape index (κ3) is 6.78. The first-order valence-electron chi connectivity index (χ1n) is 9.08. The number of carbonyl (C=O) groups is 2. The molecule has 27 heavy (non-hydrogen) atoms. The summed E-state index contributed by atoms with van der Waals surface area (Å²) in [5.41, 5.74) is 0.225. The third-order valence-electron chi connectivity index (χ3n) is 4.33. The van der Waals surface area contributed by atoms with Crippen molar-refractivity contribution in [2.24, 2.45) is 5.92 Å². The highest BCUT2D eigenvalue weighted by Crippen LogP contribution is 2.39. The maximum absolute atomic E-state index is 12.4. The van der Waals surface area contributed by atoms with Gasteiger partial charge in [-0.15, -0.1) is 0 Å². The van der Waals surface area contributed by atoms with E-state index in [1.165, 1.54) is 6.08 Å². The van der Waals surface area contributed by atoms with E-state index in [9.17, 15) is 9.59 Å². The highest BCUT2D eigenvalue weighted by molar-refractivity contribution is 5.92. The summed E-state index contributed by atoms with van der Waals surface area (Å²) >= 11 is 0. The molecule has 0 bridgehead atoms. The Labute approximate surface area is 160 Å². The molecule has 0 aliphatic heterocycles. The van der Waals surface area contributed by atoms with Crippen molar-refractivity contribution in [3.05, 3.63) is 41.5 Å². The normalized spacial score (nSPS) is 16.3. The van der Waals surface area contributed by atoms with Gasteiger partial charge in [-0.25, -0.2) is 4.79 Å². The maximum Gasteiger partial charge on any atom is 0.407 e. The number of ether oxygens (including phenoxy) is 1. The standard InChI is InChI=1S/C21H27N3O3/c1-20(2,3)27-19(26)23-14-21(4,17-9-10-17)24-18(25)11-8-15-6-5-7-16(12-15)13-22/h5-8,11-12,17H,9-10,14H2,1-4H3,(H,23,26)(H,24,25)/b11-8+. The molecule has 1 aromatic rings. The van der Waals surface area contributed by atoms with Gasteiger partial charge in [0.25, 0.3) is 0 Å². The molecular formula is C21H27N3O3. The van der Waals surface area contributed by atoms with Crippen LogP contribution in [0.25, 0.3) is 6.08 Å². The van der Waals surface area contributed by atoms with E-state index in [-0.39, 0.29) is 5.91 Å². The van der Waals surface area contributed by atoms with Crippen molar-refractivity contribution < 1.29 is 14.3 Å². The van der Waals surface area contributed by atoms with Gasteiger partial charge < -0.3 is 15.4 Å². The van der Waals surface area contributed by atoms with Gasteiger partial charge in [0.05, 0.1) is 17.2 Å². The van der Waals surface area contributed by atoms with Crippen molar-refractivity contribution in [1.29, 1.82) is 5.26 Å². The van der Waals surface area contributed by atoms with Crippen molar-refractivity contribution in [3.63, 3.8) is 0 Å². The first-order valence-corrected chi connectivity index (χ1v) is 9.08. The van der Waals surface area contributed by atoms with Crippen LogP contribution in [0.5, 0.6) is 0 Å². The van der Waals surface area contributed by atoms with Gasteiger partial charge >= 0.3 is 6.09 Å². The number of hydrogen-bond donors (Lipinski definition) is 2. The number of amides is 2. The van der Waals surface area contributed by atoms with E-state index in [1.807, 2.05) is 13.0 Å². The van der Waals surface area contributed by atoms with E-state index in [2.05, 4.69) is 16.7 Å². The maximum atomic E-state index is 12.4. The molecule has 2 N–H and O–H groups in total. The number of carbonyl (C=O) groups excluding carboxylic acids is 2. The van der Waals surface area contributed by atoms with E-state index in [1.54, 1.807) is 45.0 Å². The lowest BCUT2D eigenvalue weighted by molar-refractivity contribution is -0.118. The summed E-state index contributed by atoms with van der Waals surface area (Å²) in [5, 5.41) is 14.7. The van der Waals surface area contributed by atoms with Crippen LogP contribution >= 0.6 is 0 Å². The van der Waals surface area contributed by atoms with Crippen LogP contribution in [0.2, 0.25) is 0 Å². The molecule has 1 aromatic carbocycles. The minimum atomic E-state index is -0.565. The van der Waals surface area contributed by atoms with Crippen molar-refractivity contribution in [1.82, 2.24) is 10.6 Å². The topological polar surface area (TPSA) is 91.2 Å². The minimum absolute atomic E-state index is 0.238. The van der Waals surface area contributed by atoms with E-state index in [0.29, 0.717) is 18.0 Å². The Balaban J connectivity index is 1.96. The molecule has 1 aliphatic carbocycles. The largest absolute Gasteiger partial charge is 0.444 e. The van der Waals surface area contributed by atoms with Gasteiger partial charge in [0, 0.05) is 12.6 Å². The van der Waals surface area contributed by atoms with Crippen LogP contribution in [-0.4, -0.2) is 29.7 Å². The monoisotopic (exact) mass is 369 g/mol. The number of benzene rings is 1. The molecule has 1 aliphatic rings. The summed E-state index contributed by atoms with van der Waals surface area (Å²) in [6.45, 7) is 7.65. The van der Waals surface area contributed by atoms with E-state index >= 15 is 0 Å². The molecule has 0 heterocycles. The zero-order valence-corrected chi connectivity index (χ0v) is 16.3. The Kier molecular flexibility index (Phi) is 6.27. The molecule has 6 nitrogen and oxygen atoms in total. The van der Waals surface area contributed by atoms with Crippen LogP contribution in [0.3, 0.4) is 0 Å². The van der Waals surface area contributed by atoms with Gasteiger partial charge in [-0.3, -0.25) is 4.79 Å². The Morgan fingerprint density at radius 1 is 1.30 bits per heavy atom. The van der Waals surface area contributed by atoms with Gasteiger partial charge in [0.15, 0.2) is 0 Å². The van der Waals surface area contributed by atoms with Crippen LogP contribution in [0.4, 0.5) is 4.79 Å². The van der Waals surface area contributed by atoms with Gasteiger partial charge in [-0.2, -0.15) is 5.26 Å². The predicted octanol–water partition coefficient (Wildman–Crippen LogP) is 3.38. The van der Waals surface area contributed by atoms with E-state index in [0.717, 1.165) is 18.4 Å². The molecule has 1 fully saturated rings. The number of nitrogens with one attached hydrogen (secondary N) is 2. The molecule has 1 unspecified atom stereocenters. The second-order valence-corrected chi connectivity index (χ2v) is 8.11. The van der Waals surface area contributed by atoms with Gasteiger partial charge in [-0.05, 0) is 70.2 Å². The summed E-state index contributed by atoms with van der Waals surface area (Å²) in [6.07, 6.45) is 4.66. The third-order valence-corrected chi connectivity index (χ3v) is 4.33. The Hall–Kier alpha value is -2.81. The lowest BCUT2D eigenvalue weighted by atomic mass is 9.95. The van der Waals surface area contributed by atoms with Crippen molar-refractivity contribution in [3.8, 4) is 6.07 Å². The summed E-state index contributed by atoms with van der Waals surface area (Å²) < 4.78 is 5.26. The quantitative estimate of drug-likeness (QED) is 0.752. The lowest BCUT2D eigenvalue weighted by Crippen LogP contribution is -2.55. The molecule has 1 atom stereocenters. The number of nitriles is 1. The fraction of sp³-hybridized carbons (Fsp3) is 0.476. The van der Waals surface area contributed by atoms with Crippen LogP contribution in [0.15, 0.2) is 30.3 Å². The van der Waals surface area contributed by atoms with Crippen molar-refractivity contribution in [2.75, 3.05) is 6.54 Å². The molecule has 0 radical (unpaired) electrons. The Morgan fingerprint density at radius 3 is 2.59 bits per heavy atom. The molecule has 0 spiro atoms. The van der Waals surface area contributed by atoms with Crippen LogP contribution in [0, 0.1) is 17.2 Å². The predicted molar refractivity (Wildman–Crippen MR) is 104 cm³/mol. The summed E-state index contributed by atoms with van der Waals surface area (Å²) in [4.78, 5) is 24.3. The van der Waals surface area contributed by atoms with Gasteiger partial charge in [-0.1, -0.05) is 12.1 Å². The molecule has 2 rings (SSSR count). The fourth-order valence-corrected chi connectivity index (χ4v) is 2.79. The van der Waals surface area contributed by atoms with E-state index in [4.69, 9.17) is 10.00 Å². The second-order valence-electron chi connectivity index (χ2n) is 8.11. The van der Waals surface area contributed by atoms with Gasteiger partial charge in [0.2, 0.25) is 5.91 Å². The lowest BCUT2D eigenvalue weighted by Gasteiger charge is -2.31. The molecule has 144 valence electrons. The highest BCUT2D eigenvalue weighted by atomic mass is 16.6. The number of rotatable bonds is 6. The average molecular weight is 369 g/mol. The zero-order valence-electron chi connectivity index (χ0n) is 16.3. The average Bonchev–Trinajstić information content (AvgIpc) is 3.42. The number of nitrogens with zero attached hydrogens (tertiary/aromatic N) is 1. The first-order chi connectivity index (χ1) is 12.6. The number of hydrogen-bond acceptors (Lipinski definition) is 4. The molecule has 0 saturated heterocycles. The van der Waals surface area contributed by atoms with E-state index < -0.39 is 17.2 Å². The SMILES string of the molecule is CC(C)(C)OC(=O)NCC(C)(NC(=O)/C=C/c1cccc(C#N)c1)C1CC1. The highest BCUT2D eigenvalue weighted by Gasteiger charge is 2.42. The second kappa shape index (κ2) is 8.26. The fourth-order valence-electron chi connectivity index (χ4n) is 2.79. The summed E-state index contributed by atoms with van der Waals surface area (Å²) in [7, 11) is 0. The molecule has 0 aromatic heterocycles. The first kappa shape index (κ1) is 20.5. The van der Waals surface area contributed by atoms with Crippen LogP contribution in [0.1, 0.15) is 51.7 Å². The number of alkyl carbamates (subject to hydrolysis) is 1. The van der Waals surface area contributed by atoms with Crippen LogP contribution in [-0.2, 0) is 9.53 Å². The molecular weight excluding hydrogens is 342 g/mol. The molecule has 6 heteroatoms.